The first kappa shape index (κ1) is 21.5. The number of ether oxygens (including phenoxy) is 2. The Morgan fingerprint density at radius 3 is 2.52 bits per heavy atom. The summed E-state index contributed by atoms with van der Waals surface area (Å²) < 4.78 is 11.1. The molecule has 0 aromatic heterocycles. The summed E-state index contributed by atoms with van der Waals surface area (Å²) >= 11 is 7.13. The van der Waals surface area contributed by atoms with Crippen molar-refractivity contribution in [3.05, 3.63) is 27.6 Å². The Labute approximate surface area is 178 Å². The zero-order valence-electron chi connectivity index (χ0n) is 16.4. The number of likely N-dealkylation sites (tertiary alicyclic amines) is 1. The van der Waals surface area contributed by atoms with Crippen molar-refractivity contribution < 1.29 is 23.9 Å². The molecule has 2 aliphatic rings. The number of hydrogen-bond donors (Lipinski definition) is 0. The van der Waals surface area contributed by atoms with E-state index in [1.54, 1.807) is 23.1 Å². The van der Waals surface area contributed by atoms with Crippen LogP contribution in [0.25, 0.3) is 6.08 Å². The highest BCUT2D eigenvalue weighted by molar-refractivity contribution is 8.18. The minimum atomic E-state index is -0.476. The number of nitrogens with zero attached hydrogens (tertiary/aromatic N) is 2. The second-order valence-electron chi connectivity index (χ2n) is 6.55. The van der Waals surface area contributed by atoms with Crippen molar-refractivity contribution in [2.45, 2.75) is 26.7 Å². The SMILES string of the molecule is CCOc1cc(/C=C2\SC(=O)N(CC(=O)N3CCCC3)C2=O)cc(Cl)c1OCC. The second kappa shape index (κ2) is 9.54. The fourth-order valence-electron chi connectivity index (χ4n) is 3.21. The van der Waals surface area contributed by atoms with Crippen molar-refractivity contribution in [2.24, 2.45) is 0 Å². The van der Waals surface area contributed by atoms with Crippen LogP contribution in [0, 0.1) is 0 Å². The summed E-state index contributed by atoms with van der Waals surface area (Å²) in [6, 6.07) is 3.36. The summed E-state index contributed by atoms with van der Waals surface area (Å²) in [6.45, 7) is 5.68. The van der Waals surface area contributed by atoms with E-state index in [0.29, 0.717) is 48.4 Å². The summed E-state index contributed by atoms with van der Waals surface area (Å²) in [5.74, 6) is 0.235. The van der Waals surface area contributed by atoms with Crippen molar-refractivity contribution in [1.82, 2.24) is 9.80 Å². The molecule has 156 valence electrons. The molecule has 29 heavy (non-hydrogen) atoms. The molecular weight excluding hydrogens is 416 g/mol. The molecule has 3 amide bonds. The van der Waals surface area contributed by atoms with Gasteiger partial charge in [0.1, 0.15) is 6.54 Å². The number of carbonyl (C=O) groups is 3. The fourth-order valence-corrected chi connectivity index (χ4v) is 4.32. The number of amides is 3. The normalized spacial score (nSPS) is 18.1. The monoisotopic (exact) mass is 438 g/mol. The molecule has 0 atom stereocenters. The smallest absolute Gasteiger partial charge is 0.294 e. The molecule has 0 bridgehead atoms. The minimum Gasteiger partial charge on any atom is -0.490 e. The Morgan fingerprint density at radius 1 is 1.17 bits per heavy atom. The van der Waals surface area contributed by atoms with Gasteiger partial charge in [-0.05, 0) is 62.2 Å². The van der Waals surface area contributed by atoms with E-state index < -0.39 is 11.1 Å². The number of carbonyl (C=O) groups excluding carboxylic acids is 3. The third-order valence-electron chi connectivity index (χ3n) is 4.54. The number of halogens is 1. The van der Waals surface area contributed by atoms with Gasteiger partial charge >= 0.3 is 0 Å². The van der Waals surface area contributed by atoms with Gasteiger partial charge in [0, 0.05) is 13.1 Å². The van der Waals surface area contributed by atoms with E-state index >= 15 is 0 Å². The Morgan fingerprint density at radius 2 is 1.86 bits per heavy atom. The van der Waals surface area contributed by atoms with Crippen LogP contribution in [0.2, 0.25) is 5.02 Å². The van der Waals surface area contributed by atoms with Crippen LogP contribution in [-0.4, -0.2) is 59.7 Å². The maximum Gasteiger partial charge on any atom is 0.294 e. The highest BCUT2D eigenvalue weighted by Gasteiger charge is 2.37. The molecule has 0 radical (unpaired) electrons. The van der Waals surface area contributed by atoms with Crippen LogP contribution >= 0.6 is 23.4 Å². The molecule has 0 N–H and O–H groups in total. The van der Waals surface area contributed by atoms with Crippen LogP contribution in [-0.2, 0) is 9.59 Å². The average Bonchev–Trinajstić information content (AvgIpc) is 3.30. The number of thioether (sulfide) groups is 1. The minimum absolute atomic E-state index is 0.200. The molecule has 2 heterocycles. The molecule has 2 aliphatic heterocycles. The van der Waals surface area contributed by atoms with Crippen molar-refractivity contribution in [3.8, 4) is 11.5 Å². The summed E-state index contributed by atoms with van der Waals surface area (Å²) in [5, 5.41) is -0.0941. The van der Waals surface area contributed by atoms with Crippen LogP contribution in [0.4, 0.5) is 4.79 Å². The van der Waals surface area contributed by atoms with Crippen LogP contribution in [0.3, 0.4) is 0 Å². The van der Waals surface area contributed by atoms with E-state index in [9.17, 15) is 14.4 Å². The lowest BCUT2D eigenvalue weighted by molar-refractivity contribution is -0.135. The lowest BCUT2D eigenvalue weighted by Crippen LogP contribution is -2.40. The standard InChI is InChI=1S/C20H23ClN2O5S/c1-3-27-15-10-13(9-14(21)18(15)28-4-2)11-16-19(25)23(20(26)29-16)12-17(24)22-7-5-6-8-22/h9-11H,3-8,12H2,1-2H3/b16-11-. The third kappa shape index (κ3) is 4.87. The number of benzene rings is 1. The molecule has 0 aliphatic carbocycles. The Kier molecular flexibility index (Phi) is 7.08. The van der Waals surface area contributed by atoms with Gasteiger partial charge in [0.2, 0.25) is 5.91 Å². The van der Waals surface area contributed by atoms with Gasteiger partial charge in [-0.15, -0.1) is 0 Å². The average molecular weight is 439 g/mol. The topological polar surface area (TPSA) is 76.2 Å². The zero-order valence-corrected chi connectivity index (χ0v) is 18.0. The molecule has 1 aromatic rings. The van der Waals surface area contributed by atoms with Crippen LogP contribution in [0.1, 0.15) is 32.3 Å². The first-order valence-corrected chi connectivity index (χ1v) is 10.8. The fraction of sp³-hybridized carbons (Fsp3) is 0.450. The molecule has 2 saturated heterocycles. The predicted octanol–water partition coefficient (Wildman–Crippen LogP) is 3.80. The summed E-state index contributed by atoms with van der Waals surface area (Å²) in [4.78, 5) is 40.2. The van der Waals surface area contributed by atoms with Gasteiger partial charge in [-0.1, -0.05) is 11.6 Å². The van der Waals surface area contributed by atoms with Crippen LogP contribution in [0.5, 0.6) is 11.5 Å². The van der Waals surface area contributed by atoms with Gasteiger partial charge in [-0.3, -0.25) is 19.3 Å². The summed E-state index contributed by atoms with van der Waals surface area (Å²) in [6.07, 6.45) is 3.48. The van der Waals surface area contributed by atoms with E-state index in [4.69, 9.17) is 21.1 Å². The lowest BCUT2D eigenvalue weighted by atomic mass is 10.1. The predicted molar refractivity (Wildman–Crippen MR) is 112 cm³/mol. The summed E-state index contributed by atoms with van der Waals surface area (Å²) in [7, 11) is 0. The zero-order chi connectivity index (χ0) is 21.0. The molecule has 0 spiro atoms. The van der Waals surface area contributed by atoms with E-state index in [2.05, 4.69) is 0 Å². The highest BCUT2D eigenvalue weighted by Crippen LogP contribution is 2.39. The van der Waals surface area contributed by atoms with E-state index in [1.807, 2.05) is 13.8 Å². The van der Waals surface area contributed by atoms with Gasteiger partial charge in [0.25, 0.3) is 11.1 Å². The van der Waals surface area contributed by atoms with Crippen molar-refractivity contribution >= 4 is 46.5 Å². The second-order valence-corrected chi connectivity index (χ2v) is 7.95. The van der Waals surface area contributed by atoms with Gasteiger partial charge in [-0.2, -0.15) is 0 Å². The Balaban J connectivity index is 1.80. The first-order valence-electron chi connectivity index (χ1n) is 9.56. The Hall–Kier alpha value is -2.19. The van der Waals surface area contributed by atoms with Crippen molar-refractivity contribution in [2.75, 3.05) is 32.8 Å². The largest absolute Gasteiger partial charge is 0.490 e. The maximum absolute atomic E-state index is 12.7. The molecule has 7 nitrogen and oxygen atoms in total. The molecule has 0 saturated carbocycles. The highest BCUT2D eigenvalue weighted by atomic mass is 35.5. The molecular formula is C20H23ClN2O5S. The van der Waals surface area contributed by atoms with Gasteiger partial charge in [-0.25, -0.2) is 0 Å². The van der Waals surface area contributed by atoms with E-state index in [-0.39, 0.29) is 17.4 Å². The number of hydrogen-bond acceptors (Lipinski definition) is 6. The van der Waals surface area contributed by atoms with Crippen LogP contribution < -0.4 is 9.47 Å². The van der Waals surface area contributed by atoms with Gasteiger partial charge in [0.05, 0.1) is 23.1 Å². The molecule has 1 aromatic carbocycles. The first-order chi connectivity index (χ1) is 13.9. The third-order valence-corrected chi connectivity index (χ3v) is 5.73. The molecule has 2 fully saturated rings. The summed E-state index contributed by atoms with van der Waals surface area (Å²) in [5.41, 5.74) is 0.610. The Bertz CT molecular complexity index is 852. The molecule has 3 rings (SSSR count). The van der Waals surface area contributed by atoms with E-state index in [0.717, 1.165) is 29.5 Å². The maximum atomic E-state index is 12.7. The van der Waals surface area contributed by atoms with Crippen molar-refractivity contribution in [3.63, 3.8) is 0 Å². The lowest BCUT2D eigenvalue weighted by Gasteiger charge is -2.18. The van der Waals surface area contributed by atoms with Gasteiger partial charge in [0.15, 0.2) is 11.5 Å². The van der Waals surface area contributed by atoms with Crippen LogP contribution in [0.15, 0.2) is 17.0 Å². The quantitative estimate of drug-likeness (QED) is 0.603. The van der Waals surface area contributed by atoms with Gasteiger partial charge < -0.3 is 14.4 Å². The van der Waals surface area contributed by atoms with E-state index in [1.165, 1.54) is 0 Å². The molecule has 9 heteroatoms. The van der Waals surface area contributed by atoms with Crippen molar-refractivity contribution in [1.29, 1.82) is 0 Å². The number of rotatable bonds is 7. The molecule has 0 unspecified atom stereocenters. The number of imide groups is 1.